The van der Waals surface area contributed by atoms with E-state index in [2.05, 4.69) is 19.4 Å². The Morgan fingerprint density at radius 1 is 1.24 bits per heavy atom. The van der Waals surface area contributed by atoms with Crippen molar-refractivity contribution in [2.75, 3.05) is 0 Å². The average molecular weight is 577 g/mol. The minimum atomic E-state index is -3.91. The van der Waals surface area contributed by atoms with Crippen LogP contribution in [0.2, 0.25) is 0 Å². The summed E-state index contributed by atoms with van der Waals surface area (Å²) in [6.07, 6.45) is 5.38. The maximum absolute atomic E-state index is 13.5. The first kappa shape index (κ1) is 26.9. The van der Waals surface area contributed by atoms with Crippen molar-refractivity contribution >= 4 is 49.3 Å². The number of hydrogen-bond donors (Lipinski definition) is 5. The van der Waals surface area contributed by atoms with Gasteiger partial charge in [-0.3, -0.25) is 18.6 Å². The molecule has 1 amide bonds. The van der Waals surface area contributed by atoms with Gasteiger partial charge in [0.05, 0.1) is 33.3 Å². The van der Waals surface area contributed by atoms with E-state index >= 15 is 0 Å². The van der Waals surface area contributed by atoms with Gasteiger partial charge in [-0.1, -0.05) is 48.6 Å². The summed E-state index contributed by atoms with van der Waals surface area (Å²) < 4.78 is 52.4. The van der Waals surface area contributed by atoms with Crippen molar-refractivity contribution in [2.24, 2.45) is 0 Å². The zero-order valence-electron chi connectivity index (χ0n) is 20.8. The summed E-state index contributed by atoms with van der Waals surface area (Å²) in [6, 6.07) is 12.0. The van der Waals surface area contributed by atoms with E-state index in [1.165, 1.54) is 0 Å². The number of aromatic amines is 1. The number of alkyl halides is 1. The third kappa shape index (κ3) is 5.54. The van der Waals surface area contributed by atoms with E-state index in [0.29, 0.717) is 11.4 Å². The molecule has 3 aromatic rings. The third-order valence-corrected chi connectivity index (χ3v) is 10.4. The average Bonchev–Trinajstić information content (AvgIpc) is 3.39. The predicted molar refractivity (Wildman–Crippen MR) is 150 cm³/mol. The second kappa shape index (κ2) is 9.82. The molecule has 2 unspecified atom stereocenters. The van der Waals surface area contributed by atoms with Crippen molar-refractivity contribution < 1.29 is 22.3 Å². The zero-order chi connectivity index (χ0) is 27.3. The minimum absolute atomic E-state index is 0.00844. The Bertz CT molecular complexity index is 1560. The Kier molecular flexibility index (Phi) is 6.95. The van der Waals surface area contributed by atoms with E-state index < -0.39 is 42.9 Å². The number of H-pyrrole nitrogens is 1. The van der Waals surface area contributed by atoms with E-state index in [4.69, 9.17) is 11.6 Å². The second-order valence-electron chi connectivity index (χ2n) is 9.97. The summed E-state index contributed by atoms with van der Waals surface area (Å²) in [7, 11) is -7.17. The monoisotopic (exact) mass is 576 g/mol. The van der Waals surface area contributed by atoms with Gasteiger partial charge in [0.15, 0.2) is 0 Å². The fourth-order valence-corrected chi connectivity index (χ4v) is 8.04. The molecule has 202 valence electrons. The van der Waals surface area contributed by atoms with Crippen LogP contribution in [0.1, 0.15) is 53.6 Å². The van der Waals surface area contributed by atoms with Crippen LogP contribution in [-0.2, 0) is 21.2 Å². The molecule has 1 aliphatic heterocycles. The Labute approximate surface area is 227 Å². The number of allylic oxidation sites excluding steroid dienone is 4. The molecule has 5 rings (SSSR count). The lowest BCUT2D eigenvalue weighted by Gasteiger charge is -2.32. The molecule has 9 nitrogen and oxygen atoms in total. The Hall–Kier alpha value is -2.67. The van der Waals surface area contributed by atoms with Gasteiger partial charge in [-0.2, -0.15) is 0 Å². The quantitative estimate of drug-likeness (QED) is 0.246. The first-order valence-electron chi connectivity index (χ1n) is 12.0. The molecule has 12 heteroatoms. The van der Waals surface area contributed by atoms with Crippen molar-refractivity contribution in [3.63, 3.8) is 0 Å². The molecule has 0 radical (unpaired) electrons. The first-order valence-corrected chi connectivity index (χ1v) is 15.5. The van der Waals surface area contributed by atoms with E-state index in [-0.39, 0.29) is 24.2 Å². The second-order valence-corrected chi connectivity index (χ2v) is 14.6. The number of nitrogens with zero attached hydrogens (tertiary/aromatic N) is 1. The number of amides is 1. The molecule has 2 aliphatic rings. The Balaban J connectivity index is 1.46. The van der Waals surface area contributed by atoms with Gasteiger partial charge in [0.25, 0.3) is 0 Å². The number of rotatable bonds is 7. The van der Waals surface area contributed by atoms with Crippen LogP contribution in [0.5, 0.6) is 0 Å². The van der Waals surface area contributed by atoms with Crippen LogP contribution < -0.4 is 9.44 Å². The molecule has 0 spiro atoms. The highest BCUT2D eigenvalue weighted by Gasteiger charge is 2.38. The lowest BCUT2D eigenvalue weighted by molar-refractivity contribution is -0.118. The molecule has 1 aliphatic carbocycles. The van der Waals surface area contributed by atoms with Crippen LogP contribution in [0.25, 0.3) is 11.0 Å². The van der Waals surface area contributed by atoms with E-state index in [9.17, 15) is 22.3 Å². The summed E-state index contributed by atoms with van der Waals surface area (Å²) in [6.45, 7) is 3.72. The van der Waals surface area contributed by atoms with Gasteiger partial charge in [0, 0.05) is 6.42 Å². The lowest BCUT2D eigenvalue weighted by atomic mass is 10.0. The van der Waals surface area contributed by atoms with Crippen LogP contribution in [0.4, 0.5) is 0 Å². The molecule has 0 bridgehead atoms. The number of fused-ring (bicyclic) bond motifs is 1. The summed E-state index contributed by atoms with van der Waals surface area (Å²) in [5.41, 5.74) is 3.97. The van der Waals surface area contributed by atoms with Crippen LogP contribution in [0, 0.1) is 6.92 Å². The van der Waals surface area contributed by atoms with E-state index in [1.54, 1.807) is 49.4 Å². The summed E-state index contributed by atoms with van der Waals surface area (Å²) in [5, 5.41) is -0.729. The topological polar surface area (TPSA) is 144 Å². The summed E-state index contributed by atoms with van der Waals surface area (Å²) in [4.78, 5) is 19.1. The molecular formula is C26H29ClN4O5S2. The summed E-state index contributed by atoms with van der Waals surface area (Å²) in [5.74, 6) is 0.0657. The highest BCUT2D eigenvalue weighted by Crippen LogP contribution is 2.56. The number of nitrogens with one attached hydrogen (secondary N) is 3. The van der Waals surface area contributed by atoms with Crippen molar-refractivity contribution in [1.82, 2.24) is 19.4 Å². The molecule has 1 aromatic heterocycles. The number of aromatic nitrogens is 2. The van der Waals surface area contributed by atoms with Crippen LogP contribution in [-0.4, -0.2) is 38.3 Å². The highest BCUT2D eigenvalue weighted by atomic mass is 35.5. The number of carbonyl (C=O) groups excluding carboxylic acids is 1. The van der Waals surface area contributed by atoms with Crippen molar-refractivity contribution in [1.29, 1.82) is 0 Å². The Morgan fingerprint density at radius 3 is 2.61 bits per heavy atom. The SMILES string of the molecule is Cc1cccc2nc([C@H](Cc3ccc(C4CC(=O)NS4(O)O)cc3)NS(=O)(=O)C3=CC=CC(C)(Cl)C3)[nH]c12. The van der Waals surface area contributed by atoms with Gasteiger partial charge in [0.1, 0.15) is 11.1 Å². The number of imidazole rings is 1. The lowest BCUT2D eigenvalue weighted by Crippen LogP contribution is -2.34. The largest absolute Gasteiger partial charge is 0.340 e. The number of aryl methyl sites for hydroxylation is 1. The summed E-state index contributed by atoms with van der Waals surface area (Å²) >= 11 is 6.43. The first-order chi connectivity index (χ1) is 17.8. The molecule has 0 saturated carbocycles. The fraction of sp³-hybridized carbons (Fsp3) is 0.308. The van der Waals surface area contributed by atoms with Gasteiger partial charge in [-0.05, 0) is 49.1 Å². The van der Waals surface area contributed by atoms with Gasteiger partial charge < -0.3 is 4.98 Å². The van der Waals surface area contributed by atoms with Gasteiger partial charge >= 0.3 is 0 Å². The molecule has 1 saturated heterocycles. The highest BCUT2D eigenvalue weighted by molar-refractivity contribution is 8.23. The number of benzene rings is 2. The minimum Gasteiger partial charge on any atom is -0.340 e. The molecular weight excluding hydrogens is 548 g/mol. The van der Waals surface area contributed by atoms with Gasteiger partial charge in [0.2, 0.25) is 15.9 Å². The molecule has 2 heterocycles. The van der Waals surface area contributed by atoms with Crippen LogP contribution in [0.3, 0.4) is 0 Å². The molecule has 5 N–H and O–H groups in total. The number of hydrogen-bond acceptors (Lipinski definition) is 6. The zero-order valence-corrected chi connectivity index (χ0v) is 23.2. The Morgan fingerprint density at radius 2 is 1.97 bits per heavy atom. The molecule has 3 atom stereocenters. The third-order valence-electron chi connectivity index (χ3n) is 6.79. The maximum atomic E-state index is 13.5. The maximum Gasteiger partial charge on any atom is 0.240 e. The van der Waals surface area contributed by atoms with Gasteiger partial charge in [-0.15, -0.1) is 22.4 Å². The van der Waals surface area contributed by atoms with Crippen molar-refractivity contribution in [3.8, 4) is 0 Å². The molecule has 1 fully saturated rings. The number of carbonyl (C=O) groups is 1. The fourth-order valence-electron chi connectivity index (χ4n) is 4.79. The smallest absolute Gasteiger partial charge is 0.240 e. The van der Waals surface area contributed by atoms with Crippen molar-refractivity contribution in [2.45, 2.75) is 49.3 Å². The molecule has 38 heavy (non-hydrogen) atoms. The van der Waals surface area contributed by atoms with Crippen LogP contribution in [0.15, 0.2) is 65.6 Å². The van der Waals surface area contributed by atoms with Crippen molar-refractivity contribution in [3.05, 3.63) is 88.1 Å². The van der Waals surface area contributed by atoms with E-state index in [1.807, 2.05) is 25.1 Å². The number of para-hydroxylation sites is 1. The predicted octanol–water partition coefficient (Wildman–Crippen LogP) is 5.14. The standard InChI is InChI=1S/C26H29ClN4O5S2/c1-16-5-3-7-20-24(16)29-25(28-20)21(30-37(33,34)19-6-4-12-26(2,27)15-19)13-17-8-10-18(11-9-17)22-14-23(32)31-38(22,35)36/h3-12,21-22,30,35-36H,13-15H2,1-2H3,(H,28,29)(H,31,32)/t21-,22?,26?/m0/s1. The number of halogens is 1. The number of sulfonamides is 1. The molecule has 2 aromatic carbocycles. The normalized spacial score (nSPS) is 24.7. The van der Waals surface area contributed by atoms with Crippen LogP contribution >= 0.6 is 22.4 Å². The van der Waals surface area contributed by atoms with E-state index in [0.717, 1.165) is 22.2 Å². The van der Waals surface area contributed by atoms with Gasteiger partial charge in [-0.25, -0.2) is 18.1 Å².